The highest BCUT2D eigenvalue weighted by Crippen LogP contribution is 2.41. The molecular weight excluding hydrogens is 212 g/mol. The number of hydrazine groups is 1. The first-order chi connectivity index (χ1) is 8.40. The number of nitrogens with one attached hydrogen (secondary N) is 1. The molecule has 1 fully saturated rings. The molecule has 1 aliphatic carbocycles. The van der Waals surface area contributed by atoms with Gasteiger partial charge in [0.15, 0.2) is 0 Å². The van der Waals surface area contributed by atoms with Crippen LogP contribution in [-0.2, 0) is 0 Å². The summed E-state index contributed by atoms with van der Waals surface area (Å²) in [5, 5.41) is 0. The molecule has 1 aromatic carbocycles. The fraction of sp³-hybridized carbons (Fsp3) is 0.571. The van der Waals surface area contributed by atoms with Gasteiger partial charge in [-0.25, -0.2) is 0 Å². The van der Waals surface area contributed by atoms with Crippen LogP contribution in [0.2, 0.25) is 0 Å². The Hall–Kier alpha value is -1.06. The number of rotatable bonds is 3. The number of para-hydroxylation sites is 1. The zero-order chi connectivity index (χ0) is 11.7. The second-order valence-corrected chi connectivity index (χ2v) is 5.16. The van der Waals surface area contributed by atoms with Gasteiger partial charge in [-0.3, -0.25) is 11.3 Å². The lowest BCUT2D eigenvalue weighted by atomic mass is 9.72. The molecule has 0 aromatic heterocycles. The van der Waals surface area contributed by atoms with Crippen LogP contribution in [0.15, 0.2) is 24.3 Å². The van der Waals surface area contributed by atoms with Gasteiger partial charge in [-0.1, -0.05) is 24.6 Å². The van der Waals surface area contributed by atoms with Crippen molar-refractivity contribution in [3.05, 3.63) is 29.8 Å². The molecule has 2 atom stereocenters. The zero-order valence-electron chi connectivity index (χ0n) is 10.1. The number of benzene rings is 1. The van der Waals surface area contributed by atoms with Crippen molar-refractivity contribution >= 4 is 0 Å². The fourth-order valence-corrected chi connectivity index (χ4v) is 3.12. The standard InChI is InChI=1S/C14H20N2O/c15-16-14(10-4-3-5-10)12-8-9-17-13-7-2-1-6-11(12)13/h1-2,6-7,10,12,14,16H,3-5,8-9,15H2. The third-order valence-electron chi connectivity index (χ3n) is 4.29. The van der Waals surface area contributed by atoms with Gasteiger partial charge in [-0.05, 0) is 36.8 Å². The summed E-state index contributed by atoms with van der Waals surface area (Å²) in [6.07, 6.45) is 5.05. The third kappa shape index (κ3) is 1.94. The lowest BCUT2D eigenvalue weighted by molar-refractivity contribution is 0.170. The van der Waals surface area contributed by atoms with Crippen LogP contribution in [-0.4, -0.2) is 12.6 Å². The molecule has 3 N–H and O–H groups in total. The van der Waals surface area contributed by atoms with Crippen LogP contribution < -0.4 is 16.0 Å². The zero-order valence-corrected chi connectivity index (χ0v) is 10.1. The second-order valence-electron chi connectivity index (χ2n) is 5.16. The first kappa shape index (κ1) is 11.1. The molecule has 0 saturated heterocycles. The highest BCUT2D eigenvalue weighted by atomic mass is 16.5. The van der Waals surface area contributed by atoms with E-state index in [9.17, 15) is 0 Å². The average molecular weight is 232 g/mol. The Labute approximate surface area is 102 Å². The van der Waals surface area contributed by atoms with Gasteiger partial charge in [0, 0.05) is 12.0 Å². The molecular formula is C14H20N2O. The summed E-state index contributed by atoms with van der Waals surface area (Å²) < 4.78 is 5.71. The van der Waals surface area contributed by atoms with E-state index in [-0.39, 0.29) is 0 Å². The maximum absolute atomic E-state index is 5.78. The molecule has 1 heterocycles. The maximum atomic E-state index is 5.78. The largest absolute Gasteiger partial charge is 0.493 e. The van der Waals surface area contributed by atoms with E-state index < -0.39 is 0 Å². The Morgan fingerprint density at radius 3 is 2.76 bits per heavy atom. The Kier molecular flexibility index (Phi) is 3.04. The summed E-state index contributed by atoms with van der Waals surface area (Å²) in [6, 6.07) is 8.79. The van der Waals surface area contributed by atoms with E-state index in [0.717, 1.165) is 24.7 Å². The summed E-state index contributed by atoms with van der Waals surface area (Å²) in [4.78, 5) is 0. The van der Waals surface area contributed by atoms with Crippen molar-refractivity contribution in [1.29, 1.82) is 0 Å². The number of fused-ring (bicyclic) bond motifs is 1. The van der Waals surface area contributed by atoms with Gasteiger partial charge < -0.3 is 4.74 Å². The molecule has 2 aliphatic rings. The Balaban J connectivity index is 1.87. The third-order valence-corrected chi connectivity index (χ3v) is 4.29. The number of hydrogen-bond acceptors (Lipinski definition) is 3. The molecule has 0 spiro atoms. The smallest absolute Gasteiger partial charge is 0.122 e. The van der Waals surface area contributed by atoms with Crippen LogP contribution >= 0.6 is 0 Å². The number of nitrogens with two attached hydrogens (primary N) is 1. The van der Waals surface area contributed by atoms with Gasteiger partial charge in [0.1, 0.15) is 5.75 Å². The van der Waals surface area contributed by atoms with Crippen molar-refractivity contribution in [3.63, 3.8) is 0 Å². The van der Waals surface area contributed by atoms with E-state index in [4.69, 9.17) is 10.6 Å². The van der Waals surface area contributed by atoms with Gasteiger partial charge in [0.05, 0.1) is 6.61 Å². The van der Waals surface area contributed by atoms with Gasteiger partial charge in [-0.2, -0.15) is 0 Å². The number of ether oxygens (including phenoxy) is 1. The Bertz CT molecular complexity index is 390. The van der Waals surface area contributed by atoms with Crippen molar-refractivity contribution in [3.8, 4) is 5.75 Å². The Morgan fingerprint density at radius 2 is 2.06 bits per heavy atom. The monoisotopic (exact) mass is 232 g/mol. The van der Waals surface area contributed by atoms with Crippen molar-refractivity contribution in [2.45, 2.75) is 37.6 Å². The van der Waals surface area contributed by atoms with Gasteiger partial charge >= 0.3 is 0 Å². The van der Waals surface area contributed by atoms with Crippen molar-refractivity contribution < 1.29 is 4.74 Å². The molecule has 1 aromatic rings. The van der Waals surface area contributed by atoms with E-state index >= 15 is 0 Å². The van der Waals surface area contributed by atoms with Gasteiger partial charge in [0.25, 0.3) is 0 Å². The Morgan fingerprint density at radius 1 is 1.24 bits per heavy atom. The lowest BCUT2D eigenvalue weighted by Crippen LogP contribution is -2.48. The highest BCUT2D eigenvalue weighted by Gasteiger charge is 2.35. The van der Waals surface area contributed by atoms with Crippen molar-refractivity contribution in [1.82, 2.24) is 5.43 Å². The summed E-state index contributed by atoms with van der Waals surface area (Å²) in [5.74, 6) is 8.08. The molecule has 1 aliphatic heterocycles. The van der Waals surface area contributed by atoms with Crippen LogP contribution in [0, 0.1) is 5.92 Å². The van der Waals surface area contributed by atoms with Crippen molar-refractivity contribution in [2.24, 2.45) is 11.8 Å². The molecule has 0 radical (unpaired) electrons. The maximum Gasteiger partial charge on any atom is 0.122 e. The van der Waals surface area contributed by atoms with E-state index in [1.165, 1.54) is 24.8 Å². The first-order valence-corrected chi connectivity index (χ1v) is 6.58. The highest BCUT2D eigenvalue weighted by molar-refractivity contribution is 5.38. The van der Waals surface area contributed by atoms with E-state index in [1.54, 1.807) is 0 Å². The number of hydrogen-bond donors (Lipinski definition) is 2. The summed E-state index contributed by atoms with van der Waals surface area (Å²) in [6.45, 7) is 0.812. The van der Waals surface area contributed by atoms with E-state index in [0.29, 0.717) is 12.0 Å². The fourth-order valence-electron chi connectivity index (χ4n) is 3.12. The summed E-state index contributed by atoms with van der Waals surface area (Å²) in [7, 11) is 0. The van der Waals surface area contributed by atoms with Crippen molar-refractivity contribution in [2.75, 3.05) is 6.61 Å². The van der Waals surface area contributed by atoms with E-state index in [2.05, 4.69) is 23.6 Å². The average Bonchev–Trinajstić information content (AvgIpc) is 2.33. The summed E-state index contributed by atoms with van der Waals surface area (Å²) >= 11 is 0. The minimum Gasteiger partial charge on any atom is -0.493 e. The lowest BCUT2D eigenvalue weighted by Gasteiger charge is -2.40. The van der Waals surface area contributed by atoms with Crippen LogP contribution in [0.5, 0.6) is 5.75 Å². The first-order valence-electron chi connectivity index (χ1n) is 6.58. The molecule has 3 nitrogen and oxygen atoms in total. The second kappa shape index (κ2) is 4.67. The van der Waals surface area contributed by atoms with Crippen LogP contribution in [0.3, 0.4) is 0 Å². The quantitative estimate of drug-likeness (QED) is 0.620. The SMILES string of the molecule is NNC(C1CCC1)C1CCOc2ccccc21. The topological polar surface area (TPSA) is 47.3 Å². The predicted octanol–water partition coefficient (Wildman–Crippen LogP) is 2.18. The summed E-state index contributed by atoms with van der Waals surface area (Å²) in [5.41, 5.74) is 4.39. The molecule has 92 valence electrons. The van der Waals surface area contributed by atoms with Gasteiger partial charge in [-0.15, -0.1) is 0 Å². The molecule has 17 heavy (non-hydrogen) atoms. The molecule has 1 saturated carbocycles. The molecule has 0 bridgehead atoms. The normalized spacial score (nSPS) is 25.6. The van der Waals surface area contributed by atoms with Gasteiger partial charge in [0.2, 0.25) is 0 Å². The molecule has 3 rings (SSSR count). The molecule has 2 unspecified atom stereocenters. The predicted molar refractivity (Wildman–Crippen MR) is 67.7 cm³/mol. The minimum atomic E-state index is 0.411. The molecule has 0 amide bonds. The molecule has 3 heteroatoms. The van der Waals surface area contributed by atoms with Crippen LogP contribution in [0.25, 0.3) is 0 Å². The van der Waals surface area contributed by atoms with E-state index in [1.807, 2.05) is 6.07 Å². The minimum absolute atomic E-state index is 0.411. The van der Waals surface area contributed by atoms with Crippen LogP contribution in [0.4, 0.5) is 0 Å². The van der Waals surface area contributed by atoms with Crippen LogP contribution in [0.1, 0.15) is 37.2 Å².